The van der Waals surface area contributed by atoms with Crippen molar-refractivity contribution in [3.8, 4) is 0 Å². The highest BCUT2D eigenvalue weighted by Crippen LogP contribution is 2.47. The van der Waals surface area contributed by atoms with Crippen molar-refractivity contribution in [2.75, 3.05) is 6.54 Å². The Balaban J connectivity index is 1.30. The van der Waals surface area contributed by atoms with Crippen LogP contribution in [0.25, 0.3) is 0 Å². The summed E-state index contributed by atoms with van der Waals surface area (Å²) < 4.78 is 0. The van der Waals surface area contributed by atoms with E-state index >= 15 is 0 Å². The molecule has 1 aromatic rings. The van der Waals surface area contributed by atoms with Crippen molar-refractivity contribution in [1.82, 2.24) is 10.3 Å². The number of aromatic nitrogens is 1. The van der Waals surface area contributed by atoms with Gasteiger partial charge < -0.3 is 36.5 Å². The van der Waals surface area contributed by atoms with Crippen LogP contribution in [-0.4, -0.2) is 55.7 Å². The smallest absolute Gasteiger partial charge is 0.309 e. The number of aliphatic carboxylic acids is 1. The van der Waals surface area contributed by atoms with E-state index in [-0.39, 0.29) is 30.3 Å². The van der Waals surface area contributed by atoms with Gasteiger partial charge in [0.15, 0.2) is 0 Å². The molecule has 8 heteroatoms. The summed E-state index contributed by atoms with van der Waals surface area (Å²) in [6, 6.07) is 2.26. The van der Waals surface area contributed by atoms with Gasteiger partial charge in [-0.3, -0.25) is 4.79 Å². The van der Waals surface area contributed by atoms with Gasteiger partial charge in [-0.25, -0.2) is 0 Å². The van der Waals surface area contributed by atoms with Gasteiger partial charge in [0.25, 0.3) is 0 Å². The Hall–Kier alpha value is -2.55. The number of aliphatic hydroxyl groups is 3. The fourth-order valence-corrected chi connectivity index (χ4v) is 9.31. The summed E-state index contributed by atoms with van der Waals surface area (Å²) in [6.07, 6.45) is 23.8. The van der Waals surface area contributed by atoms with Crippen molar-refractivity contribution in [3.05, 3.63) is 59.2 Å². The fraction of sp³-hybridized carbons (Fsp3) is 0.744. The van der Waals surface area contributed by atoms with E-state index < -0.39 is 23.6 Å². The summed E-state index contributed by atoms with van der Waals surface area (Å²) in [6.45, 7) is 9.69. The Bertz CT molecular complexity index is 1300. The van der Waals surface area contributed by atoms with Crippen LogP contribution < -0.4 is 11.1 Å². The minimum Gasteiger partial charge on any atom is -0.481 e. The highest BCUT2D eigenvalue weighted by Gasteiger charge is 2.46. The van der Waals surface area contributed by atoms with Crippen LogP contribution in [0, 0.1) is 35.5 Å². The maximum Gasteiger partial charge on any atom is 0.309 e. The predicted molar refractivity (Wildman–Crippen MR) is 207 cm³/mol. The van der Waals surface area contributed by atoms with E-state index in [0.29, 0.717) is 49.4 Å². The Morgan fingerprint density at radius 2 is 1.82 bits per heavy atom. The van der Waals surface area contributed by atoms with Gasteiger partial charge in [-0.2, -0.15) is 0 Å². The molecule has 0 aromatic carbocycles. The van der Waals surface area contributed by atoms with Crippen molar-refractivity contribution < 1.29 is 25.2 Å². The third-order valence-electron chi connectivity index (χ3n) is 12.2. The number of aliphatic hydroxyl groups excluding tert-OH is 2. The van der Waals surface area contributed by atoms with Gasteiger partial charge in [0, 0.05) is 24.4 Å². The molecule has 0 saturated heterocycles. The normalized spacial score (nSPS) is 28.3. The molecule has 0 amide bonds. The standard InChI is InChI=1S/C43H71N3O5/c1-5-6-8-11-31-14-15-34(40(48)23-31)12-9-7-10-13-38(42(49)50)39(47)16-18-43(51)27-33(21-32-17-19-45-41(44)24-32)22-36(43)26-37-25-35(28-46-37)30(4)20-29(2)3/h14-15,17,24-25,28-31,33-34,36,38-40,45-48,51H,5-13,16,18-23,26-27,44H2,1-4H3,(H,49,50)/t30-,31-,33-,34-,36+,38+,39-,40-,43+/m1/s1. The molecule has 1 fully saturated rings. The molecule has 1 aromatic heterocycles. The molecule has 0 radical (unpaired) electrons. The minimum atomic E-state index is -1.01. The van der Waals surface area contributed by atoms with E-state index in [4.69, 9.17) is 5.73 Å². The third kappa shape index (κ3) is 12.8. The SMILES string of the molecule is CCCCC[C@@H]1C=C[C@@H](CCCCC[C@H](C(=O)O)[C@H](O)CC[C@]2(O)C[C@H](CC3=CCNC(N)=C3)C[C@H]2Cc2cc([C@H](C)CC(C)C)c[nH]2)[C@H](O)C1. The van der Waals surface area contributed by atoms with Crippen molar-refractivity contribution >= 4 is 5.97 Å². The van der Waals surface area contributed by atoms with Gasteiger partial charge in [-0.1, -0.05) is 84.4 Å². The average molecular weight is 710 g/mol. The number of carbonyl (C=O) groups is 1. The highest BCUT2D eigenvalue weighted by molar-refractivity contribution is 5.70. The topological polar surface area (TPSA) is 152 Å². The lowest BCUT2D eigenvalue weighted by Gasteiger charge is -2.32. The molecule has 9 atom stereocenters. The second kappa shape index (κ2) is 20.1. The number of nitrogens with two attached hydrogens (primary N) is 1. The molecule has 1 saturated carbocycles. The zero-order valence-electron chi connectivity index (χ0n) is 32.2. The van der Waals surface area contributed by atoms with Crippen molar-refractivity contribution in [2.45, 2.75) is 161 Å². The maximum absolute atomic E-state index is 12.3. The van der Waals surface area contributed by atoms with E-state index in [2.05, 4.69) is 68.5 Å². The van der Waals surface area contributed by atoms with Gasteiger partial charge in [0.05, 0.1) is 29.5 Å². The highest BCUT2D eigenvalue weighted by atomic mass is 16.4. The summed E-state index contributed by atoms with van der Waals surface area (Å²) in [5.41, 5.74) is 8.68. The molecule has 288 valence electrons. The lowest BCUT2D eigenvalue weighted by atomic mass is 9.80. The number of rotatable bonds is 22. The lowest BCUT2D eigenvalue weighted by molar-refractivity contribution is -0.146. The zero-order chi connectivity index (χ0) is 37.0. The molecule has 2 heterocycles. The first-order chi connectivity index (χ1) is 24.4. The summed E-state index contributed by atoms with van der Waals surface area (Å²) in [4.78, 5) is 15.8. The number of hydrogen-bond acceptors (Lipinski definition) is 6. The van der Waals surface area contributed by atoms with Crippen LogP contribution in [0.3, 0.4) is 0 Å². The van der Waals surface area contributed by atoms with E-state index in [1.165, 1.54) is 30.4 Å². The number of aromatic amines is 1. The van der Waals surface area contributed by atoms with E-state index in [9.17, 15) is 25.2 Å². The molecule has 0 spiro atoms. The molecule has 2 aliphatic carbocycles. The van der Waals surface area contributed by atoms with Gasteiger partial charge in [0.1, 0.15) is 0 Å². The van der Waals surface area contributed by atoms with Crippen LogP contribution in [0.2, 0.25) is 0 Å². The molecule has 0 bridgehead atoms. The summed E-state index contributed by atoms with van der Waals surface area (Å²) in [7, 11) is 0. The predicted octanol–water partition coefficient (Wildman–Crippen LogP) is 8.11. The summed E-state index contributed by atoms with van der Waals surface area (Å²) in [5, 5.41) is 47.5. The van der Waals surface area contributed by atoms with Gasteiger partial charge >= 0.3 is 5.97 Å². The number of nitrogens with one attached hydrogen (secondary N) is 2. The monoisotopic (exact) mass is 710 g/mol. The Morgan fingerprint density at radius 3 is 2.53 bits per heavy atom. The van der Waals surface area contributed by atoms with Crippen LogP contribution in [0.15, 0.2) is 48.0 Å². The first-order valence-electron chi connectivity index (χ1n) is 20.4. The minimum absolute atomic E-state index is 0.00401. The van der Waals surface area contributed by atoms with Crippen molar-refractivity contribution in [2.24, 2.45) is 41.2 Å². The molecular weight excluding hydrogens is 638 g/mol. The Labute approximate surface area is 308 Å². The largest absolute Gasteiger partial charge is 0.481 e. The number of H-pyrrole nitrogens is 1. The molecule has 8 nitrogen and oxygen atoms in total. The van der Waals surface area contributed by atoms with Crippen LogP contribution in [-0.2, 0) is 11.2 Å². The van der Waals surface area contributed by atoms with Crippen molar-refractivity contribution in [3.63, 3.8) is 0 Å². The number of carboxylic acids is 1. The van der Waals surface area contributed by atoms with Crippen LogP contribution in [0.5, 0.6) is 0 Å². The van der Waals surface area contributed by atoms with Gasteiger partial charge in [-0.15, -0.1) is 0 Å². The average Bonchev–Trinajstić information content (AvgIpc) is 3.66. The summed E-state index contributed by atoms with van der Waals surface area (Å²) in [5.74, 6) is 0.874. The number of carboxylic acid groups (broad SMARTS) is 1. The van der Waals surface area contributed by atoms with Crippen LogP contribution >= 0.6 is 0 Å². The second-order valence-electron chi connectivity index (χ2n) is 17.1. The van der Waals surface area contributed by atoms with Crippen molar-refractivity contribution in [1.29, 1.82) is 0 Å². The molecule has 1 aliphatic heterocycles. The number of allylic oxidation sites excluding steroid dienone is 3. The van der Waals surface area contributed by atoms with Gasteiger partial charge in [-0.05, 0) is 123 Å². The Morgan fingerprint density at radius 1 is 1.04 bits per heavy atom. The number of unbranched alkanes of at least 4 members (excludes halogenated alkanes) is 4. The maximum atomic E-state index is 12.3. The molecule has 0 unspecified atom stereocenters. The van der Waals surface area contributed by atoms with E-state index in [0.717, 1.165) is 69.9 Å². The Kier molecular flexibility index (Phi) is 16.2. The molecule has 8 N–H and O–H groups in total. The molecule has 3 aliphatic rings. The van der Waals surface area contributed by atoms with E-state index in [1.807, 2.05) is 6.08 Å². The second-order valence-corrected chi connectivity index (χ2v) is 17.1. The van der Waals surface area contributed by atoms with E-state index in [1.54, 1.807) is 0 Å². The fourth-order valence-electron chi connectivity index (χ4n) is 9.31. The first kappa shape index (κ1) is 41.2. The number of dihydropyridines is 1. The first-order valence-corrected chi connectivity index (χ1v) is 20.4. The van der Waals surface area contributed by atoms with Crippen LogP contribution in [0.1, 0.15) is 148 Å². The molecule has 4 rings (SSSR count). The van der Waals surface area contributed by atoms with Crippen LogP contribution in [0.4, 0.5) is 0 Å². The number of hydrogen-bond donors (Lipinski definition) is 7. The summed E-state index contributed by atoms with van der Waals surface area (Å²) >= 11 is 0. The molecule has 51 heavy (non-hydrogen) atoms. The lowest BCUT2D eigenvalue weighted by Crippen LogP contribution is -2.37. The third-order valence-corrected chi connectivity index (χ3v) is 12.2. The molecular formula is C43H71N3O5. The van der Waals surface area contributed by atoms with Gasteiger partial charge in [0.2, 0.25) is 0 Å². The zero-order valence-corrected chi connectivity index (χ0v) is 32.2. The quantitative estimate of drug-likeness (QED) is 0.0475.